The number of para-hydroxylation sites is 1. The van der Waals surface area contributed by atoms with Gasteiger partial charge < -0.3 is 10.2 Å². The highest BCUT2D eigenvalue weighted by Gasteiger charge is 2.19. The Bertz CT molecular complexity index is 1610. The fraction of sp³-hybridized carbons (Fsp3) is 0.152. The number of fused-ring (bicyclic) bond motifs is 1. The fourth-order valence-corrected chi connectivity index (χ4v) is 5.49. The maximum absolute atomic E-state index is 12.9. The van der Waals surface area contributed by atoms with E-state index >= 15 is 0 Å². The first kappa shape index (κ1) is 24.2. The standard InChI is InChI=1S/C33H28ClN3O/c34-30-16-8-15-29-31(26(22-35-32(29)30)19-23-9-2-1-3-10-23)24-11-6-13-27(20-24)36-28-14-7-12-25(21-28)33(38)37-17-4-5-18-37/h1-3,6-16,20-22,36H,4-5,17-19H2. The molecule has 1 aliphatic heterocycles. The van der Waals surface area contributed by atoms with Crippen LogP contribution < -0.4 is 5.32 Å². The van der Waals surface area contributed by atoms with Crippen molar-refractivity contribution in [1.29, 1.82) is 0 Å². The second-order valence-electron chi connectivity index (χ2n) is 9.74. The first-order valence-corrected chi connectivity index (χ1v) is 13.4. The highest BCUT2D eigenvalue weighted by Crippen LogP contribution is 2.36. The van der Waals surface area contributed by atoms with Crippen LogP contribution in [-0.4, -0.2) is 28.9 Å². The van der Waals surface area contributed by atoms with Crippen LogP contribution in [0.2, 0.25) is 5.02 Å². The quantitative estimate of drug-likeness (QED) is 0.247. The molecule has 1 aliphatic rings. The third kappa shape index (κ3) is 5.00. The van der Waals surface area contributed by atoms with Gasteiger partial charge in [0.2, 0.25) is 0 Å². The molecule has 38 heavy (non-hydrogen) atoms. The van der Waals surface area contributed by atoms with Crippen molar-refractivity contribution in [3.63, 3.8) is 0 Å². The normalized spacial score (nSPS) is 13.1. The van der Waals surface area contributed by atoms with Gasteiger partial charge >= 0.3 is 0 Å². The van der Waals surface area contributed by atoms with Crippen LogP contribution in [0.1, 0.15) is 34.3 Å². The van der Waals surface area contributed by atoms with Crippen LogP contribution in [0.4, 0.5) is 11.4 Å². The van der Waals surface area contributed by atoms with Crippen LogP contribution >= 0.6 is 11.6 Å². The lowest BCUT2D eigenvalue weighted by molar-refractivity contribution is 0.0793. The molecule has 5 heteroatoms. The van der Waals surface area contributed by atoms with Crippen molar-refractivity contribution in [2.75, 3.05) is 18.4 Å². The Labute approximate surface area is 227 Å². The number of nitrogens with zero attached hydrogens (tertiary/aromatic N) is 2. The van der Waals surface area contributed by atoms with Gasteiger partial charge in [-0.15, -0.1) is 0 Å². The zero-order chi connectivity index (χ0) is 25.9. The third-order valence-electron chi connectivity index (χ3n) is 7.11. The topological polar surface area (TPSA) is 45.2 Å². The second kappa shape index (κ2) is 10.7. The summed E-state index contributed by atoms with van der Waals surface area (Å²) in [5.41, 5.74) is 7.93. The molecule has 6 rings (SSSR count). The summed E-state index contributed by atoms with van der Waals surface area (Å²) >= 11 is 6.55. The molecule has 0 saturated carbocycles. The predicted molar refractivity (Wildman–Crippen MR) is 156 cm³/mol. The molecule has 4 aromatic carbocycles. The number of halogens is 1. The first-order chi connectivity index (χ1) is 18.7. The number of anilines is 2. The number of rotatable bonds is 6. The minimum Gasteiger partial charge on any atom is -0.355 e. The predicted octanol–water partition coefficient (Wildman–Crippen LogP) is 8.13. The van der Waals surface area contributed by atoms with E-state index in [0.29, 0.717) is 10.6 Å². The minimum atomic E-state index is 0.102. The van der Waals surface area contributed by atoms with Gasteiger partial charge in [-0.25, -0.2) is 0 Å². The maximum Gasteiger partial charge on any atom is 0.253 e. The number of nitrogens with one attached hydrogen (secondary N) is 1. The Balaban J connectivity index is 1.37. The molecule has 1 fully saturated rings. The number of carbonyl (C=O) groups is 1. The number of hydrogen-bond acceptors (Lipinski definition) is 3. The van der Waals surface area contributed by atoms with Crippen molar-refractivity contribution >= 4 is 39.8 Å². The zero-order valence-corrected chi connectivity index (χ0v) is 21.8. The van der Waals surface area contributed by atoms with Crippen molar-refractivity contribution < 1.29 is 4.79 Å². The van der Waals surface area contributed by atoms with E-state index in [-0.39, 0.29) is 5.91 Å². The summed E-state index contributed by atoms with van der Waals surface area (Å²) < 4.78 is 0. The average molecular weight is 518 g/mol. The molecule has 0 aliphatic carbocycles. The third-order valence-corrected chi connectivity index (χ3v) is 7.41. The van der Waals surface area contributed by atoms with Crippen LogP contribution in [0, 0.1) is 0 Å². The van der Waals surface area contributed by atoms with E-state index in [1.54, 1.807) is 0 Å². The number of aromatic nitrogens is 1. The summed E-state index contributed by atoms with van der Waals surface area (Å²) in [7, 11) is 0. The lowest BCUT2D eigenvalue weighted by atomic mass is 9.92. The monoisotopic (exact) mass is 517 g/mol. The van der Waals surface area contributed by atoms with Gasteiger partial charge in [0, 0.05) is 41.6 Å². The summed E-state index contributed by atoms with van der Waals surface area (Å²) in [6, 6.07) is 32.5. The van der Waals surface area contributed by atoms with Crippen LogP contribution in [0.15, 0.2) is 103 Å². The van der Waals surface area contributed by atoms with Crippen LogP contribution in [-0.2, 0) is 6.42 Å². The van der Waals surface area contributed by atoms with Crippen LogP contribution in [0.25, 0.3) is 22.0 Å². The van der Waals surface area contributed by atoms with Gasteiger partial charge in [0.1, 0.15) is 0 Å². The second-order valence-corrected chi connectivity index (χ2v) is 10.1. The van der Waals surface area contributed by atoms with Crippen molar-refractivity contribution in [2.45, 2.75) is 19.3 Å². The molecule has 0 bridgehead atoms. The van der Waals surface area contributed by atoms with Crippen molar-refractivity contribution in [3.8, 4) is 11.1 Å². The van der Waals surface area contributed by atoms with E-state index in [9.17, 15) is 4.79 Å². The summed E-state index contributed by atoms with van der Waals surface area (Å²) in [6.07, 6.45) is 4.88. The molecule has 0 unspecified atom stereocenters. The van der Waals surface area contributed by atoms with E-state index in [4.69, 9.17) is 16.6 Å². The molecule has 1 saturated heterocycles. The molecule has 0 radical (unpaired) electrons. The molecule has 2 heterocycles. The fourth-order valence-electron chi connectivity index (χ4n) is 5.27. The number of amides is 1. The lowest BCUT2D eigenvalue weighted by Gasteiger charge is -2.17. The van der Waals surface area contributed by atoms with E-state index in [2.05, 4.69) is 53.8 Å². The zero-order valence-electron chi connectivity index (χ0n) is 21.0. The molecule has 4 nitrogen and oxygen atoms in total. The van der Waals surface area contributed by atoms with Crippen LogP contribution in [0.3, 0.4) is 0 Å². The molecule has 0 atom stereocenters. The largest absolute Gasteiger partial charge is 0.355 e. The number of pyridine rings is 1. The first-order valence-electron chi connectivity index (χ1n) is 13.0. The highest BCUT2D eigenvalue weighted by molar-refractivity contribution is 6.35. The average Bonchev–Trinajstić information content (AvgIpc) is 3.49. The molecule has 1 amide bonds. The molecular weight excluding hydrogens is 490 g/mol. The van der Waals surface area contributed by atoms with E-state index in [1.807, 2.05) is 59.6 Å². The Hall–Kier alpha value is -4.15. The smallest absolute Gasteiger partial charge is 0.253 e. The van der Waals surface area contributed by atoms with E-state index in [1.165, 1.54) is 5.56 Å². The number of carbonyl (C=O) groups excluding carboxylic acids is 1. The van der Waals surface area contributed by atoms with Gasteiger partial charge in [0.15, 0.2) is 0 Å². The van der Waals surface area contributed by atoms with Gasteiger partial charge in [-0.1, -0.05) is 72.3 Å². The Kier molecular flexibility index (Phi) is 6.80. The molecule has 1 N–H and O–H groups in total. The molecule has 0 spiro atoms. The number of hydrogen-bond donors (Lipinski definition) is 1. The SMILES string of the molecule is O=C(c1cccc(Nc2cccc(-c3c(Cc4ccccc4)cnc4c(Cl)cccc34)c2)c1)N1CCCC1. The van der Waals surface area contributed by atoms with Gasteiger partial charge in [0.05, 0.1) is 10.5 Å². The van der Waals surface area contributed by atoms with Gasteiger partial charge in [-0.3, -0.25) is 9.78 Å². The molecule has 1 aromatic heterocycles. The Morgan fingerprint density at radius 3 is 2.39 bits per heavy atom. The van der Waals surface area contributed by atoms with E-state index < -0.39 is 0 Å². The lowest BCUT2D eigenvalue weighted by Crippen LogP contribution is -2.27. The Morgan fingerprint density at radius 1 is 0.842 bits per heavy atom. The van der Waals surface area contributed by atoms with Crippen molar-refractivity contribution in [3.05, 3.63) is 125 Å². The van der Waals surface area contributed by atoms with Gasteiger partial charge in [-0.2, -0.15) is 0 Å². The summed E-state index contributed by atoms with van der Waals surface area (Å²) in [4.78, 5) is 19.6. The van der Waals surface area contributed by atoms with Crippen molar-refractivity contribution in [1.82, 2.24) is 9.88 Å². The van der Waals surface area contributed by atoms with Crippen LogP contribution in [0.5, 0.6) is 0 Å². The van der Waals surface area contributed by atoms with E-state index in [0.717, 1.165) is 71.3 Å². The minimum absolute atomic E-state index is 0.102. The number of benzene rings is 4. The van der Waals surface area contributed by atoms with Crippen molar-refractivity contribution in [2.24, 2.45) is 0 Å². The van der Waals surface area contributed by atoms with Gasteiger partial charge in [-0.05, 0) is 77.9 Å². The van der Waals surface area contributed by atoms with Gasteiger partial charge in [0.25, 0.3) is 5.91 Å². The molecule has 5 aromatic rings. The summed E-state index contributed by atoms with van der Waals surface area (Å²) in [5.74, 6) is 0.102. The maximum atomic E-state index is 12.9. The molecular formula is C33H28ClN3O. The summed E-state index contributed by atoms with van der Waals surface area (Å²) in [5, 5.41) is 5.19. The highest BCUT2D eigenvalue weighted by atomic mass is 35.5. The number of likely N-dealkylation sites (tertiary alicyclic amines) is 1. The summed E-state index contributed by atoms with van der Waals surface area (Å²) in [6.45, 7) is 1.68. The molecule has 188 valence electrons. The Morgan fingerprint density at radius 2 is 1.58 bits per heavy atom.